The first-order chi connectivity index (χ1) is 7.26. The van der Waals surface area contributed by atoms with E-state index in [9.17, 15) is 0 Å². The van der Waals surface area contributed by atoms with E-state index in [-0.39, 0.29) is 6.04 Å². The lowest BCUT2D eigenvalue weighted by molar-refractivity contribution is 0.348. The number of benzene rings is 1. The van der Waals surface area contributed by atoms with Gasteiger partial charge in [0.2, 0.25) is 0 Å². The third-order valence-electron chi connectivity index (χ3n) is 2.99. The maximum atomic E-state index is 5.94. The highest BCUT2D eigenvalue weighted by Gasteiger charge is 2.21. The van der Waals surface area contributed by atoms with E-state index in [4.69, 9.17) is 15.2 Å². The molecule has 0 bridgehead atoms. The predicted octanol–water partition coefficient (Wildman–Crippen LogP) is 1.52. The maximum absolute atomic E-state index is 5.94. The smallest absolute Gasteiger partial charge is 0.164 e. The Kier molecular flexibility index (Phi) is 2.82. The molecule has 1 atom stereocenters. The van der Waals surface area contributed by atoms with Crippen molar-refractivity contribution in [2.75, 3.05) is 14.2 Å². The number of nitrogens with two attached hydrogens (primary N) is 1. The number of hydrogen-bond donors (Lipinski definition) is 1. The van der Waals surface area contributed by atoms with Gasteiger partial charge in [-0.15, -0.1) is 0 Å². The van der Waals surface area contributed by atoms with Crippen LogP contribution in [-0.4, -0.2) is 20.3 Å². The van der Waals surface area contributed by atoms with Crippen molar-refractivity contribution in [3.63, 3.8) is 0 Å². The van der Waals surface area contributed by atoms with Gasteiger partial charge in [0.15, 0.2) is 11.5 Å². The molecular weight excluding hydrogens is 190 g/mol. The quantitative estimate of drug-likeness (QED) is 0.799. The number of hydrogen-bond acceptors (Lipinski definition) is 3. The second-order valence-electron chi connectivity index (χ2n) is 3.94. The van der Waals surface area contributed by atoms with Crippen molar-refractivity contribution in [3.05, 3.63) is 23.3 Å². The summed E-state index contributed by atoms with van der Waals surface area (Å²) in [7, 11) is 3.35. The predicted molar refractivity (Wildman–Crippen MR) is 59.5 cm³/mol. The van der Waals surface area contributed by atoms with E-state index >= 15 is 0 Å². The van der Waals surface area contributed by atoms with E-state index in [1.54, 1.807) is 14.2 Å². The van der Waals surface area contributed by atoms with Crippen molar-refractivity contribution < 1.29 is 9.47 Å². The Balaban J connectivity index is 2.46. The highest BCUT2D eigenvalue weighted by atomic mass is 16.5. The normalized spacial score (nSPS) is 19.5. The van der Waals surface area contributed by atoms with Gasteiger partial charge < -0.3 is 15.2 Å². The molecule has 0 heterocycles. The first-order valence-electron chi connectivity index (χ1n) is 5.24. The molecule has 1 aliphatic carbocycles. The molecule has 0 fully saturated rings. The second-order valence-corrected chi connectivity index (χ2v) is 3.94. The van der Waals surface area contributed by atoms with Crippen LogP contribution in [0.1, 0.15) is 17.5 Å². The minimum atomic E-state index is 0.288. The minimum Gasteiger partial charge on any atom is -0.493 e. The fourth-order valence-electron chi connectivity index (χ4n) is 2.21. The van der Waals surface area contributed by atoms with E-state index in [1.165, 1.54) is 11.1 Å². The monoisotopic (exact) mass is 207 g/mol. The first kappa shape index (κ1) is 10.3. The zero-order valence-corrected chi connectivity index (χ0v) is 9.25. The van der Waals surface area contributed by atoms with Gasteiger partial charge in [-0.25, -0.2) is 0 Å². The molecule has 1 aromatic rings. The molecule has 1 aliphatic rings. The molecule has 2 rings (SSSR count). The molecule has 1 aromatic carbocycles. The molecule has 0 amide bonds. The summed E-state index contributed by atoms with van der Waals surface area (Å²) < 4.78 is 10.7. The summed E-state index contributed by atoms with van der Waals surface area (Å²) in [5.74, 6) is 1.69. The van der Waals surface area contributed by atoms with Gasteiger partial charge in [-0.1, -0.05) is 6.07 Å². The van der Waals surface area contributed by atoms with Crippen molar-refractivity contribution in [2.45, 2.75) is 25.3 Å². The van der Waals surface area contributed by atoms with Gasteiger partial charge in [-0.2, -0.15) is 0 Å². The molecule has 3 nitrogen and oxygen atoms in total. The van der Waals surface area contributed by atoms with Crippen LogP contribution in [0, 0.1) is 0 Å². The standard InChI is InChI=1S/C12H17NO2/c1-14-11-6-3-8-7-9(13)4-5-10(8)12(11)15-2/h3,6,9H,4-5,7,13H2,1-2H3. The van der Waals surface area contributed by atoms with Gasteiger partial charge in [-0.05, 0) is 30.9 Å². The average molecular weight is 207 g/mol. The van der Waals surface area contributed by atoms with Crippen LogP contribution in [-0.2, 0) is 12.8 Å². The Labute approximate surface area is 90.2 Å². The summed E-state index contributed by atoms with van der Waals surface area (Å²) in [6, 6.07) is 4.33. The molecular formula is C12H17NO2. The molecule has 3 heteroatoms. The Hall–Kier alpha value is -1.22. The zero-order valence-electron chi connectivity index (χ0n) is 9.25. The molecule has 0 aliphatic heterocycles. The van der Waals surface area contributed by atoms with Crippen LogP contribution in [0.25, 0.3) is 0 Å². The van der Waals surface area contributed by atoms with Crippen LogP contribution in [0.5, 0.6) is 11.5 Å². The van der Waals surface area contributed by atoms with Crippen molar-refractivity contribution in [1.82, 2.24) is 0 Å². The third kappa shape index (κ3) is 1.79. The molecule has 0 aromatic heterocycles. The van der Waals surface area contributed by atoms with Gasteiger partial charge in [0.05, 0.1) is 14.2 Å². The molecule has 0 radical (unpaired) electrons. The highest BCUT2D eigenvalue weighted by molar-refractivity contribution is 5.52. The van der Waals surface area contributed by atoms with Gasteiger partial charge in [0, 0.05) is 11.6 Å². The summed E-state index contributed by atoms with van der Waals surface area (Å²) in [5.41, 5.74) is 8.50. The summed E-state index contributed by atoms with van der Waals surface area (Å²) in [4.78, 5) is 0. The Morgan fingerprint density at radius 3 is 2.73 bits per heavy atom. The lowest BCUT2D eigenvalue weighted by atomic mass is 9.88. The number of rotatable bonds is 2. The summed E-state index contributed by atoms with van der Waals surface area (Å²) in [6.07, 6.45) is 2.95. The second kappa shape index (κ2) is 4.11. The van der Waals surface area contributed by atoms with Crippen molar-refractivity contribution in [3.8, 4) is 11.5 Å². The zero-order chi connectivity index (χ0) is 10.8. The number of methoxy groups -OCH3 is 2. The lowest BCUT2D eigenvalue weighted by Gasteiger charge is -2.24. The first-order valence-corrected chi connectivity index (χ1v) is 5.24. The van der Waals surface area contributed by atoms with Crippen LogP contribution >= 0.6 is 0 Å². The molecule has 0 spiro atoms. The number of fused-ring (bicyclic) bond motifs is 1. The summed E-state index contributed by atoms with van der Waals surface area (Å²) in [6.45, 7) is 0. The molecule has 0 saturated heterocycles. The fourth-order valence-corrected chi connectivity index (χ4v) is 2.21. The average Bonchev–Trinajstić information content (AvgIpc) is 2.27. The minimum absolute atomic E-state index is 0.288. The van der Waals surface area contributed by atoms with Crippen molar-refractivity contribution >= 4 is 0 Å². The Bertz CT molecular complexity index is 363. The lowest BCUT2D eigenvalue weighted by Crippen LogP contribution is -2.28. The van der Waals surface area contributed by atoms with E-state index in [0.29, 0.717) is 0 Å². The van der Waals surface area contributed by atoms with Gasteiger partial charge >= 0.3 is 0 Å². The summed E-state index contributed by atoms with van der Waals surface area (Å²) in [5, 5.41) is 0. The fraction of sp³-hybridized carbons (Fsp3) is 0.500. The molecule has 15 heavy (non-hydrogen) atoms. The SMILES string of the molecule is COc1ccc2c(c1OC)CCC(N)C2. The Morgan fingerprint density at radius 2 is 2.07 bits per heavy atom. The molecule has 82 valence electrons. The van der Waals surface area contributed by atoms with Crippen molar-refractivity contribution in [1.29, 1.82) is 0 Å². The van der Waals surface area contributed by atoms with Gasteiger partial charge in [0.1, 0.15) is 0 Å². The van der Waals surface area contributed by atoms with E-state index in [2.05, 4.69) is 6.07 Å². The third-order valence-corrected chi connectivity index (χ3v) is 2.99. The van der Waals surface area contributed by atoms with Crippen LogP contribution in [0.4, 0.5) is 0 Å². The maximum Gasteiger partial charge on any atom is 0.164 e. The Morgan fingerprint density at radius 1 is 1.27 bits per heavy atom. The van der Waals surface area contributed by atoms with Gasteiger partial charge in [0.25, 0.3) is 0 Å². The molecule has 1 unspecified atom stereocenters. The number of ether oxygens (including phenoxy) is 2. The van der Waals surface area contributed by atoms with Crippen LogP contribution < -0.4 is 15.2 Å². The van der Waals surface area contributed by atoms with E-state index < -0.39 is 0 Å². The van der Waals surface area contributed by atoms with E-state index in [0.717, 1.165) is 30.8 Å². The van der Waals surface area contributed by atoms with Gasteiger partial charge in [-0.3, -0.25) is 0 Å². The van der Waals surface area contributed by atoms with Crippen LogP contribution in [0.15, 0.2) is 12.1 Å². The van der Waals surface area contributed by atoms with Crippen LogP contribution in [0.3, 0.4) is 0 Å². The topological polar surface area (TPSA) is 44.5 Å². The molecule has 0 saturated carbocycles. The summed E-state index contributed by atoms with van der Waals surface area (Å²) >= 11 is 0. The molecule has 2 N–H and O–H groups in total. The van der Waals surface area contributed by atoms with Crippen LogP contribution in [0.2, 0.25) is 0 Å². The highest BCUT2D eigenvalue weighted by Crippen LogP contribution is 2.36. The van der Waals surface area contributed by atoms with E-state index in [1.807, 2.05) is 6.07 Å². The largest absolute Gasteiger partial charge is 0.493 e. The van der Waals surface area contributed by atoms with Crippen molar-refractivity contribution in [2.24, 2.45) is 5.73 Å².